The van der Waals surface area contributed by atoms with Crippen LogP contribution in [0, 0.1) is 0 Å². The molecule has 0 atom stereocenters. The Balaban J connectivity index is 1.77. The SMILES string of the molecule is C/C(=N\NC(=O)Cc1ccc(Br)c2ccccc12)c1ccccc1O. The molecule has 0 aliphatic heterocycles. The predicted octanol–water partition coefficient (Wildman–Crippen LogP) is 4.39. The van der Waals surface area contributed by atoms with E-state index in [-0.39, 0.29) is 18.1 Å². The van der Waals surface area contributed by atoms with Gasteiger partial charge in [-0.25, -0.2) is 5.43 Å². The van der Waals surface area contributed by atoms with Gasteiger partial charge in [0.05, 0.1) is 12.1 Å². The summed E-state index contributed by atoms with van der Waals surface area (Å²) in [5.41, 5.74) is 4.64. The van der Waals surface area contributed by atoms with Crippen molar-refractivity contribution < 1.29 is 9.90 Å². The number of benzene rings is 3. The first-order valence-corrected chi connectivity index (χ1v) is 8.63. The number of hydrazone groups is 1. The number of carbonyl (C=O) groups is 1. The van der Waals surface area contributed by atoms with Gasteiger partial charge >= 0.3 is 0 Å². The van der Waals surface area contributed by atoms with Crippen LogP contribution in [0.1, 0.15) is 18.1 Å². The lowest BCUT2D eigenvalue weighted by Gasteiger charge is -2.08. The maximum Gasteiger partial charge on any atom is 0.244 e. The van der Waals surface area contributed by atoms with E-state index < -0.39 is 0 Å². The van der Waals surface area contributed by atoms with E-state index in [1.807, 2.05) is 42.5 Å². The second-order valence-electron chi connectivity index (χ2n) is 5.68. The van der Waals surface area contributed by atoms with E-state index in [2.05, 4.69) is 26.5 Å². The molecule has 25 heavy (non-hydrogen) atoms. The Hall–Kier alpha value is -2.66. The third kappa shape index (κ3) is 3.88. The maximum atomic E-state index is 12.3. The number of rotatable bonds is 4. The second-order valence-corrected chi connectivity index (χ2v) is 6.53. The lowest BCUT2D eigenvalue weighted by Crippen LogP contribution is -2.21. The standard InChI is InChI=1S/C20H17BrN2O2/c1-13(15-6-4-5-9-19(15)24)22-23-20(25)12-14-10-11-18(21)17-8-3-2-7-16(14)17/h2-11,24H,12H2,1H3,(H,23,25)/b22-13+. The van der Waals surface area contributed by atoms with Crippen molar-refractivity contribution in [3.05, 3.63) is 76.3 Å². The van der Waals surface area contributed by atoms with Crippen LogP contribution in [0.5, 0.6) is 5.75 Å². The van der Waals surface area contributed by atoms with Crippen LogP contribution in [0.2, 0.25) is 0 Å². The zero-order chi connectivity index (χ0) is 17.8. The number of para-hydroxylation sites is 1. The molecule has 0 aromatic heterocycles. The van der Waals surface area contributed by atoms with Crippen molar-refractivity contribution in [2.75, 3.05) is 0 Å². The van der Waals surface area contributed by atoms with Crippen LogP contribution in [0.25, 0.3) is 10.8 Å². The van der Waals surface area contributed by atoms with Gasteiger partial charge in [-0.1, -0.05) is 58.4 Å². The molecule has 0 bridgehead atoms. The number of nitrogens with zero attached hydrogens (tertiary/aromatic N) is 1. The molecule has 4 nitrogen and oxygen atoms in total. The number of nitrogens with one attached hydrogen (secondary N) is 1. The molecule has 5 heteroatoms. The van der Waals surface area contributed by atoms with E-state index in [1.54, 1.807) is 25.1 Å². The highest BCUT2D eigenvalue weighted by molar-refractivity contribution is 9.10. The maximum absolute atomic E-state index is 12.3. The van der Waals surface area contributed by atoms with Crippen molar-refractivity contribution >= 4 is 38.3 Å². The third-order valence-corrected chi connectivity index (χ3v) is 4.65. The van der Waals surface area contributed by atoms with E-state index in [1.165, 1.54) is 0 Å². The molecule has 2 N–H and O–H groups in total. The molecule has 1 amide bonds. The van der Waals surface area contributed by atoms with Gasteiger partial charge in [-0.15, -0.1) is 0 Å². The molecule has 0 aliphatic rings. The number of amides is 1. The monoisotopic (exact) mass is 396 g/mol. The lowest BCUT2D eigenvalue weighted by molar-refractivity contribution is -0.120. The molecule has 0 heterocycles. The Bertz CT molecular complexity index is 967. The summed E-state index contributed by atoms with van der Waals surface area (Å²) >= 11 is 3.53. The fourth-order valence-electron chi connectivity index (χ4n) is 2.68. The van der Waals surface area contributed by atoms with Crippen molar-refractivity contribution in [3.8, 4) is 5.75 Å². The van der Waals surface area contributed by atoms with Crippen LogP contribution in [-0.4, -0.2) is 16.7 Å². The largest absolute Gasteiger partial charge is 0.507 e. The average molecular weight is 397 g/mol. The summed E-state index contributed by atoms with van der Waals surface area (Å²) in [7, 11) is 0. The van der Waals surface area contributed by atoms with Gasteiger partial charge in [0.1, 0.15) is 5.75 Å². The average Bonchev–Trinajstić information content (AvgIpc) is 2.63. The molecular weight excluding hydrogens is 380 g/mol. The topological polar surface area (TPSA) is 61.7 Å². The van der Waals surface area contributed by atoms with Crippen LogP contribution in [0.15, 0.2) is 70.2 Å². The number of carbonyl (C=O) groups excluding carboxylic acids is 1. The summed E-state index contributed by atoms with van der Waals surface area (Å²) < 4.78 is 1.00. The van der Waals surface area contributed by atoms with Crippen molar-refractivity contribution in [3.63, 3.8) is 0 Å². The fourth-order valence-corrected chi connectivity index (χ4v) is 3.16. The van der Waals surface area contributed by atoms with Gasteiger partial charge in [-0.3, -0.25) is 4.79 Å². The minimum Gasteiger partial charge on any atom is -0.507 e. The highest BCUT2D eigenvalue weighted by atomic mass is 79.9. The Morgan fingerprint density at radius 1 is 1.04 bits per heavy atom. The molecule has 0 fully saturated rings. The molecular formula is C20H17BrN2O2. The molecule has 3 rings (SSSR count). The number of hydrogen-bond donors (Lipinski definition) is 2. The number of phenols is 1. The summed E-state index contributed by atoms with van der Waals surface area (Å²) in [6.07, 6.45) is 0.228. The molecule has 0 aliphatic carbocycles. The fraction of sp³-hybridized carbons (Fsp3) is 0.100. The minimum atomic E-state index is -0.206. The summed E-state index contributed by atoms with van der Waals surface area (Å²) in [6.45, 7) is 1.74. The zero-order valence-electron chi connectivity index (χ0n) is 13.7. The third-order valence-electron chi connectivity index (χ3n) is 3.95. The van der Waals surface area contributed by atoms with E-state index in [9.17, 15) is 9.90 Å². The van der Waals surface area contributed by atoms with Gasteiger partial charge in [0.2, 0.25) is 5.91 Å². The van der Waals surface area contributed by atoms with Crippen LogP contribution in [0.4, 0.5) is 0 Å². The zero-order valence-corrected chi connectivity index (χ0v) is 15.2. The molecule has 0 radical (unpaired) electrons. The van der Waals surface area contributed by atoms with Gasteiger partial charge < -0.3 is 5.11 Å². The highest BCUT2D eigenvalue weighted by Crippen LogP contribution is 2.27. The van der Waals surface area contributed by atoms with Crippen LogP contribution >= 0.6 is 15.9 Å². The van der Waals surface area contributed by atoms with E-state index >= 15 is 0 Å². The highest BCUT2D eigenvalue weighted by Gasteiger charge is 2.09. The Kier molecular flexibility index (Phi) is 5.14. The Morgan fingerprint density at radius 2 is 1.72 bits per heavy atom. The van der Waals surface area contributed by atoms with E-state index in [0.717, 1.165) is 20.8 Å². The molecule has 0 saturated carbocycles. The van der Waals surface area contributed by atoms with E-state index in [4.69, 9.17) is 0 Å². The molecule has 126 valence electrons. The number of fused-ring (bicyclic) bond motifs is 1. The number of halogens is 1. The molecule has 0 saturated heterocycles. The lowest BCUT2D eigenvalue weighted by atomic mass is 10.0. The van der Waals surface area contributed by atoms with Crippen molar-refractivity contribution in [2.24, 2.45) is 5.10 Å². The Labute approximate surface area is 154 Å². The first kappa shape index (κ1) is 17.2. The van der Waals surface area contributed by atoms with E-state index in [0.29, 0.717) is 11.3 Å². The van der Waals surface area contributed by atoms with Crippen molar-refractivity contribution in [2.45, 2.75) is 13.3 Å². The normalized spacial score (nSPS) is 11.5. The molecule has 3 aromatic rings. The predicted molar refractivity (Wildman–Crippen MR) is 104 cm³/mol. The van der Waals surface area contributed by atoms with Crippen LogP contribution in [0.3, 0.4) is 0 Å². The first-order chi connectivity index (χ1) is 12.1. The van der Waals surface area contributed by atoms with Crippen molar-refractivity contribution in [1.29, 1.82) is 0 Å². The van der Waals surface area contributed by atoms with Gasteiger partial charge in [-0.2, -0.15) is 5.10 Å². The van der Waals surface area contributed by atoms with Gasteiger partial charge in [0.15, 0.2) is 0 Å². The number of hydrogen-bond acceptors (Lipinski definition) is 3. The molecule has 3 aromatic carbocycles. The number of phenolic OH excluding ortho intramolecular Hbond substituents is 1. The van der Waals surface area contributed by atoms with Crippen LogP contribution in [-0.2, 0) is 11.2 Å². The van der Waals surface area contributed by atoms with Gasteiger partial charge in [0, 0.05) is 10.0 Å². The second kappa shape index (κ2) is 7.49. The molecule has 0 unspecified atom stereocenters. The smallest absolute Gasteiger partial charge is 0.244 e. The summed E-state index contributed by atoms with van der Waals surface area (Å²) in [5.74, 6) is -0.0702. The summed E-state index contributed by atoms with van der Waals surface area (Å²) in [4.78, 5) is 12.3. The quantitative estimate of drug-likeness (QED) is 0.507. The summed E-state index contributed by atoms with van der Waals surface area (Å²) in [6, 6.07) is 18.7. The first-order valence-electron chi connectivity index (χ1n) is 7.84. The van der Waals surface area contributed by atoms with Gasteiger partial charge in [-0.05, 0) is 41.5 Å². The minimum absolute atomic E-state index is 0.136. The van der Waals surface area contributed by atoms with Crippen LogP contribution < -0.4 is 5.43 Å². The molecule has 0 spiro atoms. The summed E-state index contributed by atoms with van der Waals surface area (Å²) in [5, 5.41) is 16.0. The van der Waals surface area contributed by atoms with Crippen molar-refractivity contribution in [1.82, 2.24) is 5.43 Å². The Morgan fingerprint density at radius 3 is 2.48 bits per heavy atom. The van der Waals surface area contributed by atoms with Gasteiger partial charge in [0.25, 0.3) is 0 Å². The number of aromatic hydroxyl groups is 1.